The van der Waals surface area contributed by atoms with Gasteiger partial charge < -0.3 is 0 Å². The number of nitrogens with one attached hydrogen (secondary N) is 1. The molecule has 0 bridgehead atoms. The second-order valence-electron chi connectivity index (χ2n) is 5.79. The Morgan fingerprint density at radius 3 is 2.71 bits per heavy atom. The lowest BCUT2D eigenvalue weighted by Gasteiger charge is -2.05. The molecular weight excluding hydrogens is 481 g/mol. The zero-order valence-corrected chi connectivity index (χ0v) is 17.4. The van der Waals surface area contributed by atoms with Gasteiger partial charge in [-0.25, -0.2) is 18.4 Å². The first-order valence-corrected chi connectivity index (χ1v) is 9.43. The molecule has 12 heteroatoms. The molecule has 0 atom stereocenters. The van der Waals surface area contributed by atoms with Gasteiger partial charge in [0, 0.05) is 10.0 Å². The van der Waals surface area contributed by atoms with Crippen LogP contribution in [0.3, 0.4) is 0 Å². The molecule has 0 radical (unpaired) electrons. The van der Waals surface area contributed by atoms with Gasteiger partial charge in [-0.2, -0.15) is 5.10 Å². The maximum Gasteiger partial charge on any atom is 0.283 e. The second kappa shape index (κ2) is 8.54. The van der Waals surface area contributed by atoms with E-state index in [2.05, 4.69) is 36.4 Å². The first kappa shape index (κ1) is 20.7. The Labute approximate surface area is 176 Å². The highest BCUT2D eigenvalue weighted by molar-refractivity contribution is 9.10. The minimum atomic E-state index is -2.74. The van der Waals surface area contributed by atoms with Crippen LogP contribution in [0.5, 0.6) is 0 Å². The molecule has 0 spiro atoms. The highest BCUT2D eigenvalue weighted by atomic mass is 79.9. The number of carbonyl (C=O) groups is 1. The maximum absolute atomic E-state index is 12.9. The van der Waals surface area contributed by atoms with Crippen LogP contribution in [-0.2, 0) is 17.9 Å². The third-order valence-electron chi connectivity index (χ3n) is 3.79. The van der Waals surface area contributed by atoms with Gasteiger partial charge in [-0.1, -0.05) is 29.3 Å². The van der Waals surface area contributed by atoms with Gasteiger partial charge in [0.2, 0.25) is 11.9 Å². The van der Waals surface area contributed by atoms with E-state index in [0.29, 0.717) is 22.3 Å². The SMILES string of the molecule is Cc1c(Br)c(C(F)F)nn1CC(=O)Nc1ncn(Cc2ccc(Cl)cc2Cl)n1. The second-order valence-corrected chi connectivity index (χ2v) is 7.43. The molecule has 3 aromatic rings. The van der Waals surface area contributed by atoms with E-state index in [4.69, 9.17) is 23.2 Å². The fourth-order valence-electron chi connectivity index (χ4n) is 2.39. The molecule has 1 aromatic carbocycles. The molecule has 2 heterocycles. The number of alkyl halides is 2. The van der Waals surface area contributed by atoms with Crippen molar-refractivity contribution in [3.8, 4) is 0 Å². The zero-order valence-electron chi connectivity index (χ0n) is 14.3. The van der Waals surface area contributed by atoms with Gasteiger partial charge in [-0.15, -0.1) is 5.10 Å². The highest BCUT2D eigenvalue weighted by Gasteiger charge is 2.21. The molecule has 0 aliphatic heterocycles. The first-order chi connectivity index (χ1) is 13.2. The van der Waals surface area contributed by atoms with E-state index in [1.807, 2.05) is 0 Å². The Hall–Kier alpha value is -2.04. The van der Waals surface area contributed by atoms with E-state index in [1.54, 1.807) is 25.1 Å². The Morgan fingerprint density at radius 1 is 1.32 bits per heavy atom. The molecule has 2 aromatic heterocycles. The van der Waals surface area contributed by atoms with Gasteiger partial charge in [0.1, 0.15) is 18.6 Å². The van der Waals surface area contributed by atoms with Gasteiger partial charge in [-0.05, 0) is 40.5 Å². The van der Waals surface area contributed by atoms with Crippen LogP contribution in [0.15, 0.2) is 29.0 Å². The van der Waals surface area contributed by atoms with Crippen LogP contribution < -0.4 is 5.32 Å². The van der Waals surface area contributed by atoms with Gasteiger partial charge in [0.25, 0.3) is 6.43 Å². The van der Waals surface area contributed by atoms with Crippen LogP contribution in [0.2, 0.25) is 10.0 Å². The summed E-state index contributed by atoms with van der Waals surface area (Å²) >= 11 is 15.1. The van der Waals surface area contributed by atoms with Crippen LogP contribution in [0, 0.1) is 6.92 Å². The number of rotatable bonds is 6. The van der Waals surface area contributed by atoms with Crippen LogP contribution in [-0.4, -0.2) is 30.5 Å². The van der Waals surface area contributed by atoms with Crippen molar-refractivity contribution in [3.05, 3.63) is 56.0 Å². The summed E-state index contributed by atoms with van der Waals surface area (Å²) in [6, 6.07) is 5.10. The number of anilines is 1. The predicted octanol–water partition coefficient (Wildman–Crippen LogP) is 4.48. The molecule has 1 N–H and O–H groups in total. The number of aromatic nitrogens is 5. The van der Waals surface area contributed by atoms with Crippen LogP contribution in [0.25, 0.3) is 0 Å². The number of amides is 1. The average Bonchev–Trinajstić information content (AvgIpc) is 3.16. The normalized spacial score (nSPS) is 11.2. The zero-order chi connectivity index (χ0) is 20.4. The third kappa shape index (κ3) is 4.68. The maximum atomic E-state index is 12.9. The minimum Gasteiger partial charge on any atom is -0.292 e. The van der Waals surface area contributed by atoms with Crippen molar-refractivity contribution in [1.29, 1.82) is 0 Å². The van der Waals surface area contributed by atoms with Crippen molar-refractivity contribution in [2.24, 2.45) is 0 Å². The molecule has 0 unspecified atom stereocenters. The fraction of sp³-hybridized carbons (Fsp3) is 0.250. The standard InChI is InChI=1S/C16H13BrCl2F2N6O/c1-8-13(17)14(15(20)21)24-27(8)6-12(28)23-16-22-7-26(25-16)5-9-2-3-10(18)4-11(9)19/h2-4,7,15H,5-6H2,1H3,(H,23,25,28). The van der Waals surface area contributed by atoms with E-state index in [0.717, 1.165) is 5.56 Å². The largest absolute Gasteiger partial charge is 0.292 e. The Balaban J connectivity index is 1.65. The number of benzene rings is 1. The molecule has 0 aliphatic rings. The van der Waals surface area contributed by atoms with Gasteiger partial charge in [0.05, 0.1) is 16.7 Å². The topological polar surface area (TPSA) is 77.6 Å². The summed E-state index contributed by atoms with van der Waals surface area (Å²) in [6.45, 7) is 1.66. The number of halogens is 5. The summed E-state index contributed by atoms with van der Waals surface area (Å²) in [5, 5.41) is 11.4. The molecule has 0 fully saturated rings. The lowest BCUT2D eigenvalue weighted by atomic mass is 10.2. The van der Waals surface area contributed by atoms with Crippen LogP contribution in [0.1, 0.15) is 23.4 Å². The van der Waals surface area contributed by atoms with Crippen molar-refractivity contribution in [2.75, 3.05) is 5.32 Å². The van der Waals surface area contributed by atoms with Gasteiger partial charge in [0.15, 0.2) is 0 Å². The third-order valence-corrected chi connectivity index (χ3v) is 5.36. The minimum absolute atomic E-state index is 0.0769. The number of nitrogens with zero attached hydrogens (tertiary/aromatic N) is 5. The summed E-state index contributed by atoms with van der Waals surface area (Å²) in [6.07, 6.45) is -1.31. The van der Waals surface area contributed by atoms with E-state index in [9.17, 15) is 13.6 Å². The van der Waals surface area contributed by atoms with Gasteiger partial charge in [-0.3, -0.25) is 14.8 Å². The lowest BCUT2D eigenvalue weighted by molar-refractivity contribution is -0.117. The van der Waals surface area contributed by atoms with Gasteiger partial charge >= 0.3 is 0 Å². The van der Waals surface area contributed by atoms with Crippen molar-refractivity contribution in [3.63, 3.8) is 0 Å². The van der Waals surface area contributed by atoms with Crippen LogP contribution >= 0.6 is 39.1 Å². The predicted molar refractivity (Wildman–Crippen MR) is 104 cm³/mol. The average molecular weight is 494 g/mol. The first-order valence-electron chi connectivity index (χ1n) is 7.88. The summed E-state index contributed by atoms with van der Waals surface area (Å²) in [5.74, 6) is -0.422. The quantitative estimate of drug-likeness (QED) is 0.549. The smallest absolute Gasteiger partial charge is 0.283 e. The highest BCUT2D eigenvalue weighted by Crippen LogP contribution is 2.29. The van der Waals surface area contributed by atoms with Crippen molar-refractivity contribution in [1.82, 2.24) is 24.5 Å². The molecule has 0 saturated carbocycles. The van der Waals surface area contributed by atoms with Crippen molar-refractivity contribution >= 4 is 51.0 Å². The number of carbonyl (C=O) groups excluding carboxylic acids is 1. The Kier molecular flexibility index (Phi) is 6.31. The lowest BCUT2D eigenvalue weighted by Crippen LogP contribution is -2.21. The molecule has 1 amide bonds. The summed E-state index contributed by atoms with van der Waals surface area (Å²) in [4.78, 5) is 16.2. The summed E-state index contributed by atoms with van der Waals surface area (Å²) in [5.41, 5.74) is 0.791. The Bertz CT molecular complexity index is 1020. The van der Waals surface area contributed by atoms with E-state index in [-0.39, 0.29) is 17.0 Å². The van der Waals surface area contributed by atoms with E-state index in [1.165, 1.54) is 15.7 Å². The molecule has 0 saturated heterocycles. The van der Waals surface area contributed by atoms with Crippen molar-refractivity contribution < 1.29 is 13.6 Å². The molecule has 7 nitrogen and oxygen atoms in total. The molecule has 148 valence electrons. The summed E-state index contributed by atoms with van der Waals surface area (Å²) < 4.78 is 28.6. The molecule has 3 rings (SSSR count). The monoisotopic (exact) mass is 492 g/mol. The van der Waals surface area contributed by atoms with Crippen molar-refractivity contribution in [2.45, 2.75) is 26.4 Å². The summed E-state index contributed by atoms with van der Waals surface area (Å²) in [7, 11) is 0. The Morgan fingerprint density at radius 2 is 2.07 bits per heavy atom. The molecule has 0 aliphatic carbocycles. The molecule has 28 heavy (non-hydrogen) atoms. The van der Waals surface area contributed by atoms with Crippen LogP contribution in [0.4, 0.5) is 14.7 Å². The number of hydrogen-bond acceptors (Lipinski definition) is 4. The molecular formula is C16H13BrCl2F2N6O. The van der Waals surface area contributed by atoms with E-state index >= 15 is 0 Å². The number of hydrogen-bond donors (Lipinski definition) is 1. The van der Waals surface area contributed by atoms with E-state index < -0.39 is 18.0 Å². The fourth-order valence-corrected chi connectivity index (χ4v) is 3.32.